The van der Waals surface area contributed by atoms with Crippen molar-refractivity contribution in [2.45, 2.75) is 6.92 Å². The van der Waals surface area contributed by atoms with E-state index in [2.05, 4.69) is 4.90 Å². The van der Waals surface area contributed by atoms with Gasteiger partial charge in [-0.3, -0.25) is 29.0 Å². The van der Waals surface area contributed by atoms with Crippen LogP contribution in [0, 0.1) is 6.92 Å². The van der Waals surface area contributed by atoms with Crippen LogP contribution in [0.1, 0.15) is 16.7 Å². The van der Waals surface area contributed by atoms with E-state index in [1.807, 2.05) is 79.7 Å². The molecule has 2 fully saturated rings. The topological polar surface area (TPSA) is 118 Å². The Morgan fingerprint density at radius 1 is 0.682 bits per heavy atom. The van der Waals surface area contributed by atoms with E-state index in [4.69, 9.17) is 34.6 Å². The number of carboxylic acid groups (broad SMARTS) is 2. The van der Waals surface area contributed by atoms with E-state index in [9.17, 15) is 19.2 Å². The van der Waals surface area contributed by atoms with Crippen molar-refractivity contribution in [2.75, 3.05) is 18.0 Å². The minimum Gasteiger partial charge on any atom is -0.480 e. The Morgan fingerprint density at radius 2 is 1.02 bits per heavy atom. The zero-order valence-electron chi connectivity index (χ0n) is 23.0. The van der Waals surface area contributed by atoms with Crippen molar-refractivity contribution in [1.82, 2.24) is 9.80 Å². The Bertz CT molecular complexity index is 1640. The van der Waals surface area contributed by atoms with Gasteiger partial charge in [-0.05, 0) is 66.6 Å². The normalized spacial score (nSPS) is 16.8. The fourth-order valence-electron chi connectivity index (χ4n) is 4.43. The number of rotatable bonds is 9. The summed E-state index contributed by atoms with van der Waals surface area (Å²) in [5.41, 5.74) is 5.24. The maximum atomic E-state index is 12.7. The van der Waals surface area contributed by atoms with Crippen LogP contribution in [0.2, 0.25) is 0 Å². The highest BCUT2D eigenvalue weighted by Crippen LogP contribution is 2.37. The minimum absolute atomic E-state index is 0.209. The average molecular weight is 662 g/mol. The lowest BCUT2D eigenvalue weighted by atomic mass is 10.1. The number of aliphatic carboxylic acids is 2. The number of anilines is 3. The quantitative estimate of drug-likeness (QED) is 0.207. The SMILES string of the molecule is Cc1ccc(N(c2ccc(C=C3SC(=S)N(CC(=O)O)C3=O)cc2)c2ccc(C=C3SC(=S)N(CC(=O)O)C3=O)cc2)cc1. The molecule has 0 bridgehead atoms. The second-order valence-electron chi connectivity index (χ2n) is 9.68. The molecule has 0 saturated carbocycles. The second-order valence-corrected chi connectivity index (χ2v) is 13.0. The number of nitrogens with zero attached hydrogens (tertiary/aromatic N) is 3. The first-order valence-electron chi connectivity index (χ1n) is 13.0. The van der Waals surface area contributed by atoms with E-state index in [1.54, 1.807) is 12.2 Å². The highest BCUT2D eigenvalue weighted by Gasteiger charge is 2.34. The Labute approximate surface area is 271 Å². The molecule has 44 heavy (non-hydrogen) atoms. The van der Waals surface area contributed by atoms with E-state index in [1.165, 1.54) is 0 Å². The average Bonchev–Trinajstić information content (AvgIpc) is 3.39. The number of thiocarbonyl (C=S) groups is 2. The maximum absolute atomic E-state index is 12.7. The van der Waals surface area contributed by atoms with Gasteiger partial charge >= 0.3 is 11.9 Å². The first kappa shape index (κ1) is 31.1. The number of carbonyl (C=O) groups excluding carboxylic acids is 2. The molecule has 0 spiro atoms. The molecule has 9 nitrogen and oxygen atoms in total. The molecule has 2 amide bonds. The highest BCUT2D eigenvalue weighted by molar-refractivity contribution is 8.27. The molecule has 2 N–H and O–H groups in total. The van der Waals surface area contributed by atoms with Gasteiger partial charge in [-0.2, -0.15) is 0 Å². The summed E-state index contributed by atoms with van der Waals surface area (Å²) in [5.74, 6) is -3.13. The Balaban J connectivity index is 1.41. The fourth-order valence-corrected chi connectivity index (χ4v) is 6.94. The van der Waals surface area contributed by atoms with Crippen molar-refractivity contribution in [3.8, 4) is 0 Å². The summed E-state index contributed by atoms with van der Waals surface area (Å²) in [6, 6.07) is 23.2. The maximum Gasteiger partial charge on any atom is 0.323 e. The largest absolute Gasteiger partial charge is 0.480 e. The van der Waals surface area contributed by atoms with Crippen molar-refractivity contribution in [3.63, 3.8) is 0 Å². The third-order valence-electron chi connectivity index (χ3n) is 6.52. The van der Waals surface area contributed by atoms with Crippen LogP contribution in [0.25, 0.3) is 12.2 Å². The molecule has 0 radical (unpaired) electrons. The zero-order valence-corrected chi connectivity index (χ0v) is 26.3. The lowest BCUT2D eigenvalue weighted by Gasteiger charge is -2.26. The van der Waals surface area contributed by atoms with Gasteiger partial charge in [-0.25, -0.2) is 0 Å². The molecule has 2 saturated heterocycles. The molecule has 0 atom stereocenters. The van der Waals surface area contributed by atoms with Crippen LogP contribution in [-0.2, 0) is 19.2 Å². The van der Waals surface area contributed by atoms with E-state index in [-0.39, 0.29) is 8.64 Å². The van der Waals surface area contributed by atoms with Gasteiger partial charge in [0, 0.05) is 17.1 Å². The molecule has 3 aromatic rings. The van der Waals surface area contributed by atoms with E-state index in [0.717, 1.165) is 67.1 Å². The van der Waals surface area contributed by atoms with Gasteiger partial charge < -0.3 is 15.1 Å². The summed E-state index contributed by atoms with van der Waals surface area (Å²) >= 11 is 12.5. The van der Waals surface area contributed by atoms with Crippen LogP contribution in [0.5, 0.6) is 0 Å². The molecular weight excluding hydrogens is 639 g/mol. The van der Waals surface area contributed by atoms with Crippen molar-refractivity contribution >= 4 is 110 Å². The van der Waals surface area contributed by atoms with Crippen molar-refractivity contribution in [1.29, 1.82) is 0 Å². The number of aryl methyl sites for hydroxylation is 1. The van der Waals surface area contributed by atoms with Crippen molar-refractivity contribution < 1.29 is 29.4 Å². The van der Waals surface area contributed by atoms with Gasteiger partial charge in [0.25, 0.3) is 11.8 Å². The van der Waals surface area contributed by atoms with Gasteiger partial charge in [0.05, 0.1) is 9.81 Å². The number of hydrogen-bond acceptors (Lipinski definition) is 9. The smallest absolute Gasteiger partial charge is 0.323 e. The number of benzene rings is 3. The van der Waals surface area contributed by atoms with Gasteiger partial charge in [0.1, 0.15) is 21.7 Å². The molecule has 222 valence electrons. The van der Waals surface area contributed by atoms with Crippen molar-refractivity contribution in [3.05, 3.63) is 99.3 Å². The molecule has 5 rings (SSSR count). The standard InChI is InChI=1S/C31H23N3O6S4/c1-18-2-8-21(9-3-18)34(22-10-4-19(5-11-22)14-24-28(39)32(16-26(35)36)30(41)43-24)23-12-6-20(7-13-23)15-25-29(40)33(17-27(37)38)31(42)44-25/h2-15H,16-17H2,1H3,(H,35,36)(H,37,38). The number of carboxylic acids is 2. The predicted molar refractivity (Wildman–Crippen MR) is 181 cm³/mol. The summed E-state index contributed by atoms with van der Waals surface area (Å²) in [5, 5.41) is 18.2. The summed E-state index contributed by atoms with van der Waals surface area (Å²) in [4.78, 5) is 52.5. The lowest BCUT2D eigenvalue weighted by molar-refractivity contribution is -0.140. The van der Waals surface area contributed by atoms with E-state index in [0.29, 0.717) is 9.81 Å². The number of hydrogen-bond donors (Lipinski definition) is 2. The fraction of sp³-hybridized carbons (Fsp3) is 0.0968. The third kappa shape index (κ3) is 6.91. The van der Waals surface area contributed by atoms with Gasteiger partial charge in [-0.1, -0.05) is 89.9 Å². The first-order valence-corrected chi connectivity index (χ1v) is 15.5. The molecule has 3 aromatic carbocycles. The summed E-state index contributed by atoms with van der Waals surface area (Å²) < 4.78 is 0.419. The molecule has 2 aliphatic heterocycles. The van der Waals surface area contributed by atoms with Crippen LogP contribution >= 0.6 is 48.0 Å². The first-order chi connectivity index (χ1) is 21.0. The number of thioether (sulfide) groups is 2. The van der Waals surface area contributed by atoms with Gasteiger partial charge in [0.15, 0.2) is 0 Å². The molecule has 0 unspecified atom stereocenters. The number of amides is 2. The highest BCUT2D eigenvalue weighted by atomic mass is 32.2. The number of carbonyl (C=O) groups is 4. The van der Waals surface area contributed by atoms with E-state index >= 15 is 0 Å². The van der Waals surface area contributed by atoms with Gasteiger partial charge in [-0.15, -0.1) is 0 Å². The monoisotopic (exact) mass is 661 g/mol. The van der Waals surface area contributed by atoms with Crippen LogP contribution in [0.15, 0.2) is 82.6 Å². The summed E-state index contributed by atoms with van der Waals surface area (Å²) in [6.07, 6.45) is 3.38. The Hall–Kier alpha value is -4.30. The lowest BCUT2D eigenvalue weighted by Crippen LogP contribution is -2.33. The Morgan fingerprint density at radius 3 is 1.36 bits per heavy atom. The van der Waals surface area contributed by atoms with Crippen LogP contribution in [-0.4, -0.2) is 65.5 Å². The molecule has 13 heteroatoms. The van der Waals surface area contributed by atoms with Crippen LogP contribution < -0.4 is 4.90 Å². The summed E-state index contributed by atoms with van der Waals surface area (Å²) in [7, 11) is 0. The zero-order chi connectivity index (χ0) is 31.5. The summed E-state index contributed by atoms with van der Waals surface area (Å²) in [6.45, 7) is 1.05. The molecule has 2 aliphatic rings. The minimum atomic E-state index is -1.13. The molecule has 0 aliphatic carbocycles. The second kappa shape index (κ2) is 13.1. The predicted octanol–water partition coefficient (Wildman–Crippen LogP) is 6.04. The molecule has 0 aromatic heterocycles. The van der Waals surface area contributed by atoms with Crippen molar-refractivity contribution in [2.24, 2.45) is 0 Å². The molecular formula is C31H23N3O6S4. The Kier molecular flexibility index (Phi) is 9.30. The van der Waals surface area contributed by atoms with Gasteiger partial charge in [0.2, 0.25) is 0 Å². The third-order valence-corrected chi connectivity index (χ3v) is 9.28. The van der Waals surface area contributed by atoms with Crippen LogP contribution in [0.4, 0.5) is 17.1 Å². The van der Waals surface area contributed by atoms with Crippen LogP contribution in [0.3, 0.4) is 0 Å². The van der Waals surface area contributed by atoms with E-state index < -0.39 is 36.8 Å². The molecule has 2 heterocycles.